The van der Waals surface area contributed by atoms with Crippen LogP contribution in [-0.4, -0.2) is 4.57 Å². The predicted molar refractivity (Wildman–Crippen MR) is 57.1 cm³/mol. The maximum absolute atomic E-state index is 9.06. The van der Waals surface area contributed by atoms with Gasteiger partial charge in [-0.25, -0.2) is 0 Å². The van der Waals surface area contributed by atoms with Gasteiger partial charge in [-0.2, -0.15) is 5.26 Å². The third kappa shape index (κ3) is 1.03. The lowest BCUT2D eigenvalue weighted by atomic mass is 10.1. The quantitative estimate of drug-likeness (QED) is 0.618. The number of aromatic nitrogens is 1. The van der Waals surface area contributed by atoms with E-state index in [9.17, 15) is 0 Å². The fraction of sp³-hybridized carbons (Fsp3) is 0.250. The molecule has 0 saturated carbocycles. The number of aryl methyl sites for hydroxylation is 2. The highest BCUT2D eigenvalue weighted by Crippen LogP contribution is 2.24. The average molecular weight is 184 g/mol. The first-order valence-electron chi connectivity index (χ1n) is 4.61. The lowest BCUT2D eigenvalue weighted by Crippen LogP contribution is -1.90. The molecule has 0 aliphatic rings. The van der Waals surface area contributed by atoms with Crippen molar-refractivity contribution in [3.05, 3.63) is 35.0 Å². The van der Waals surface area contributed by atoms with Crippen molar-refractivity contribution < 1.29 is 0 Å². The standard InChI is InChI=1S/C12H12N2/c1-8-4-5-12-10(6-8)11(7-13)9(2)14(12)3/h4-6H,1-3H3. The van der Waals surface area contributed by atoms with E-state index < -0.39 is 0 Å². The van der Waals surface area contributed by atoms with Crippen molar-refractivity contribution in [2.24, 2.45) is 7.05 Å². The van der Waals surface area contributed by atoms with E-state index in [0.29, 0.717) is 0 Å². The van der Waals surface area contributed by atoms with Crippen molar-refractivity contribution in [2.75, 3.05) is 0 Å². The number of rotatable bonds is 0. The molecule has 1 aromatic carbocycles. The molecule has 14 heavy (non-hydrogen) atoms. The van der Waals surface area contributed by atoms with Gasteiger partial charge in [-0.15, -0.1) is 0 Å². The third-order valence-corrected chi connectivity index (χ3v) is 2.76. The molecule has 70 valence electrons. The van der Waals surface area contributed by atoms with Crippen LogP contribution in [0.3, 0.4) is 0 Å². The highest BCUT2D eigenvalue weighted by molar-refractivity contribution is 5.88. The van der Waals surface area contributed by atoms with Gasteiger partial charge in [0, 0.05) is 23.6 Å². The number of hydrogen-bond acceptors (Lipinski definition) is 1. The van der Waals surface area contributed by atoms with E-state index in [0.717, 1.165) is 22.2 Å². The Hall–Kier alpha value is -1.75. The maximum atomic E-state index is 9.06. The van der Waals surface area contributed by atoms with Gasteiger partial charge in [0.1, 0.15) is 6.07 Å². The fourth-order valence-electron chi connectivity index (χ4n) is 1.83. The van der Waals surface area contributed by atoms with Crippen LogP contribution in [-0.2, 0) is 7.05 Å². The van der Waals surface area contributed by atoms with E-state index in [4.69, 9.17) is 5.26 Å². The minimum atomic E-state index is 0.797. The van der Waals surface area contributed by atoms with E-state index in [1.165, 1.54) is 5.56 Å². The number of nitriles is 1. The van der Waals surface area contributed by atoms with Crippen LogP contribution < -0.4 is 0 Å². The molecule has 2 heteroatoms. The number of benzene rings is 1. The monoisotopic (exact) mass is 184 g/mol. The lowest BCUT2D eigenvalue weighted by molar-refractivity contribution is 0.915. The number of hydrogen-bond donors (Lipinski definition) is 0. The second-order valence-corrected chi connectivity index (χ2v) is 3.65. The first kappa shape index (κ1) is 8.83. The molecule has 0 aliphatic heterocycles. The van der Waals surface area contributed by atoms with Gasteiger partial charge in [-0.3, -0.25) is 0 Å². The Bertz CT molecular complexity index is 541. The van der Waals surface area contributed by atoms with Gasteiger partial charge in [0.25, 0.3) is 0 Å². The van der Waals surface area contributed by atoms with Gasteiger partial charge in [0.05, 0.1) is 5.56 Å². The second kappa shape index (κ2) is 2.88. The molecule has 0 fully saturated rings. The largest absolute Gasteiger partial charge is 0.347 e. The molecule has 0 bridgehead atoms. The minimum Gasteiger partial charge on any atom is -0.347 e. The summed E-state index contributed by atoms with van der Waals surface area (Å²) in [7, 11) is 1.99. The summed E-state index contributed by atoms with van der Waals surface area (Å²) in [4.78, 5) is 0. The topological polar surface area (TPSA) is 28.7 Å². The van der Waals surface area contributed by atoms with E-state index in [-0.39, 0.29) is 0 Å². The van der Waals surface area contributed by atoms with Crippen molar-refractivity contribution in [2.45, 2.75) is 13.8 Å². The normalized spacial score (nSPS) is 10.4. The summed E-state index contributed by atoms with van der Waals surface area (Å²) in [5.41, 5.74) is 4.16. The Labute approximate surface area is 83.4 Å². The zero-order valence-electron chi connectivity index (χ0n) is 8.63. The first-order chi connectivity index (χ1) is 6.65. The summed E-state index contributed by atoms with van der Waals surface area (Å²) < 4.78 is 2.06. The van der Waals surface area contributed by atoms with Crippen molar-refractivity contribution >= 4 is 10.9 Å². The van der Waals surface area contributed by atoms with Crippen molar-refractivity contribution in [1.29, 1.82) is 5.26 Å². The van der Waals surface area contributed by atoms with Gasteiger partial charge in [0.15, 0.2) is 0 Å². The van der Waals surface area contributed by atoms with Gasteiger partial charge in [-0.05, 0) is 26.0 Å². The average Bonchev–Trinajstić information content (AvgIpc) is 2.39. The molecule has 0 atom stereocenters. The van der Waals surface area contributed by atoms with Crippen LogP contribution in [0.4, 0.5) is 0 Å². The summed E-state index contributed by atoms with van der Waals surface area (Å²) >= 11 is 0. The molecule has 2 rings (SSSR count). The van der Waals surface area contributed by atoms with Crippen LogP contribution in [0.5, 0.6) is 0 Å². The van der Waals surface area contributed by atoms with E-state index in [1.807, 2.05) is 20.9 Å². The Kier molecular flexibility index (Phi) is 1.82. The van der Waals surface area contributed by atoms with Gasteiger partial charge >= 0.3 is 0 Å². The Morgan fingerprint density at radius 3 is 2.64 bits per heavy atom. The van der Waals surface area contributed by atoms with Crippen LogP contribution in [0.25, 0.3) is 10.9 Å². The van der Waals surface area contributed by atoms with Crippen LogP contribution in [0.2, 0.25) is 0 Å². The second-order valence-electron chi connectivity index (χ2n) is 3.65. The van der Waals surface area contributed by atoms with Crippen LogP contribution >= 0.6 is 0 Å². The highest BCUT2D eigenvalue weighted by atomic mass is 14.9. The van der Waals surface area contributed by atoms with Crippen molar-refractivity contribution in [3.63, 3.8) is 0 Å². The molecule has 1 aromatic heterocycles. The van der Waals surface area contributed by atoms with Crippen LogP contribution in [0.15, 0.2) is 18.2 Å². The molecule has 2 aromatic rings. The molecule has 1 heterocycles. The SMILES string of the molecule is Cc1ccc2c(c1)c(C#N)c(C)n2C. The molecule has 0 saturated heterocycles. The first-order valence-corrected chi connectivity index (χ1v) is 4.61. The van der Waals surface area contributed by atoms with Gasteiger partial charge in [-0.1, -0.05) is 11.6 Å². The number of fused-ring (bicyclic) bond motifs is 1. The molecular formula is C12H12N2. The van der Waals surface area contributed by atoms with E-state index >= 15 is 0 Å². The fourth-order valence-corrected chi connectivity index (χ4v) is 1.83. The maximum Gasteiger partial charge on any atom is 0.102 e. The van der Waals surface area contributed by atoms with E-state index in [2.05, 4.69) is 28.8 Å². The smallest absolute Gasteiger partial charge is 0.102 e. The summed E-state index contributed by atoms with van der Waals surface area (Å²) in [6.07, 6.45) is 0. The lowest BCUT2D eigenvalue weighted by Gasteiger charge is -1.97. The minimum absolute atomic E-state index is 0.797. The van der Waals surface area contributed by atoms with Crippen LogP contribution in [0.1, 0.15) is 16.8 Å². The zero-order chi connectivity index (χ0) is 10.3. The molecule has 0 radical (unpaired) electrons. The third-order valence-electron chi connectivity index (χ3n) is 2.76. The summed E-state index contributed by atoms with van der Waals surface area (Å²) in [5.74, 6) is 0. The predicted octanol–water partition coefficient (Wildman–Crippen LogP) is 2.67. The summed E-state index contributed by atoms with van der Waals surface area (Å²) in [6.45, 7) is 4.02. The molecule has 0 unspecified atom stereocenters. The number of nitrogens with zero attached hydrogens (tertiary/aromatic N) is 2. The summed E-state index contributed by atoms with van der Waals surface area (Å²) in [6, 6.07) is 8.48. The summed E-state index contributed by atoms with van der Waals surface area (Å²) in [5, 5.41) is 10.1. The van der Waals surface area contributed by atoms with Gasteiger partial charge in [0.2, 0.25) is 0 Å². The molecule has 0 amide bonds. The van der Waals surface area contributed by atoms with Crippen molar-refractivity contribution in [1.82, 2.24) is 4.57 Å². The molecule has 0 aliphatic carbocycles. The van der Waals surface area contributed by atoms with Crippen LogP contribution in [0, 0.1) is 25.2 Å². The zero-order valence-corrected chi connectivity index (χ0v) is 8.63. The molecule has 0 spiro atoms. The highest BCUT2D eigenvalue weighted by Gasteiger charge is 2.10. The Morgan fingerprint density at radius 2 is 2.00 bits per heavy atom. The molecule has 2 nitrogen and oxygen atoms in total. The Morgan fingerprint density at radius 1 is 1.29 bits per heavy atom. The van der Waals surface area contributed by atoms with E-state index in [1.54, 1.807) is 0 Å². The van der Waals surface area contributed by atoms with Gasteiger partial charge < -0.3 is 4.57 Å². The Balaban J connectivity index is 2.98. The van der Waals surface area contributed by atoms with Crippen molar-refractivity contribution in [3.8, 4) is 6.07 Å². The molecule has 0 N–H and O–H groups in total. The molecular weight excluding hydrogens is 172 g/mol.